The largest absolute Gasteiger partial charge is 0.444 e. The van der Waals surface area contributed by atoms with Gasteiger partial charge in [0, 0.05) is 16.8 Å². The normalized spacial score (nSPS) is 12.9. The summed E-state index contributed by atoms with van der Waals surface area (Å²) in [7, 11) is 0. The quantitative estimate of drug-likeness (QED) is 0.819. The highest BCUT2D eigenvalue weighted by molar-refractivity contribution is 6.31. The summed E-state index contributed by atoms with van der Waals surface area (Å²) in [5.41, 5.74) is 3.04. The van der Waals surface area contributed by atoms with Crippen LogP contribution in [0.4, 0.5) is 4.79 Å². The number of rotatable bonds is 2. The van der Waals surface area contributed by atoms with Crippen molar-refractivity contribution in [3.05, 3.63) is 76.4 Å². The smallest absolute Gasteiger partial charge is 0.414 e. The zero-order valence-corrected chi connectivity index (χ0v) is 12.1. The number of amides is 1. The minimum atomic E-state index is -0.374. The first-order valence-electron chi connectivity index (χ1n) is 6.67. The summed E-state index contributed by atoms with van der Waals surface area (Å²) in [5, 5.41) is 0.602. The topological polar surface area (TPSA) is 29.5 Å². The lowest BCUT2D eigenvalue weighted by molar-refractivity contribution is 0.109. The standard InChI is InChI=1S/C17H14ClNO2/c18-16-8-4-3-7-15(16)12-21-17(20)19-10-9-13-5-1-2-6-14(13)11-19/h1-10H,11-12H2. The van der Waals surface area contributed by atoms with E-state index in [0.29, 0.717) is 11.6 Å². The van der Waals surface area contributed by atoms with E-state index in [9.17, 15) is 4.79 Å². The number of hydrogen-bond donors (Lipinski definition) is 0. The lowest BCUT2D eigenvalue weighted by Gasteiger charge is -2.23. The molecule has 0 aliphatic carbocycles. The van der Waals surface area contributed by atoms with Crippen LogP contribution < -0.4 is 0 Å². The van der Waals surface area contributed by atoms with Crippen molar-refractivity contribution in [2.75, 3.05) is 0 Å². The number of nitrogens with zero attached hydrogens (tertiary/aromatic N) is 1. The van der Waals surface area contributed by atoms with Gasteiger partial charge in [-0.3, -0.25) is 4.90 Å². The van der Waals surface area contributed by atoms with Gasteiger partial charge < -0.3 is 4.74 Å². The number of carbonyl (C=O) groups excluding carboxylic acids is 1. The van der Waals surface area contributed by atoms with Crippen molar-refractivity contribution in [3.63, 3.8) is 0 Å². The van der Waals surface area contributed by atoms with Crippen molar-refractivity contribution in [2.24, 2.45) is 0 Å². The molecular weight excluding hydrogens is 286 g/mol. The Hall–Kier alpha value is -2.26. The van der Waals surface area contributed by atoms with E-state index in [-0.39, 0.29) is 12.7 Å². The summed E-state index contributed by atoms with van der Waals surface area (Å²) in [6.45, 7) is 0.693. The molecule has 21 heavy (non-hydrogen) atoms. The van der Waals surface area contributed by atoms with E-state index < -0.39 is 0 Å². The monoisotopic (exact) mass is 299 g/mol. The van der Waals surface area contributed by atoms with Gasteiger partial charge in [0.15, 0.2) is 0 Å². The van der Waals surface area contributed by atoms with Gasteiger partial charge in [0.25, 0.3) is 0 Å². The first kappa shape index (κ1) is 13.7. The minimum absolute atomic E-state index is 0.171. The van der Waals surface area contributed by atoms with Gasteiger partial charge >= 0.3 is 6.09 Å². The summed E-state index contributed by atoms with van der Waals surface area (Å²) >= 11 is 6.04. The molecular formula is C17H14ClNO2. The van der Waals surface area contributed by atoms with Gasteiger partial charge in [0.05, 0.1) is 6.54 Å². The molecule has 3 rings (SSSR count). The molecule has 4 heteroatoms. The van der Waals surface area contributed by atoms with Crippen molar-refractivity contribution < 1.29 is 9.53 Å². The van der Waals surface area contributed by atoms with E-state index in [4.69, 9.17) is 16.3 Å². The maximum absolute atomic E-state index is 12.1. The van der Waals surface area contributed by atoms with E-state index >= 15 is 0 Å². The van der Waals surface area contributed by atoms with Gasteiger partial charge in [-0.15, -0.1) is 0 Å². The van der Waals surface area contributed by atoms with E-state index in [1.165, 1.54) is 0 Å². The van der Waals surface area contributed by atoms with Crippen LogP contribution in [0.3, 0.4) is 0 Å². The van der Waals surface area contributed by atoms with Crippen molar-refractivity contribution >= 4 is 23.8 Å². The molecule has 0 saturated heterocycles. The fourth-order valence-corrected chi connectivity index (χ4v) is 2.40. The highest BCUT2D eigenvalue weighted by Gasteiger charge is 2.17. The summed E-state index contributed by atoms with van der Waals surface area (Å²) in [6, 6.07) is 15.3. The Morgan fingerprint density at radius 3 is 2.76 bits per heavy atom. The molecule has 0 unspecified atom stereocenters. The lowest BCUT2D eigenvalue weighted by Crippen LogP contribution is -2.27. The first-order chi connectivity index (χ1) is 10.2. The maximum atomic E-state index is 12.1. The summed E-state index contributed by atoms with van der Waals surface area (Å²) in [4.78, 5) is 13.7. The highest BCUT2D eigenvalue weighted by atomic mass is 35.5. The van der Waals surface area contributed by atoms with Gasteiger partial charge in [-0.1, -0.05) is 54.1 Å². The van der Waals surface area contributed by atoms with Crippen molar-refractivity contribution in [1.82, 2.24) is 4.90 Å². The van der Waals surface area contributed by atoms with E-state index in [0.717, 1.165) is 16.7 Å². The Balaban J connectivity index is 1.64. The van der Waals surface area contributed by atoms with Crippen molar-refractivity contribution in [2.45, 2.75) is 13.2 Å². The summed E-state index contributed by atoms with van der Waals surface area (Å²) < 4.78 is 5.31. The van der Waals surface area contributed by atoms with Gasteiger partial charge in [0.1, 0.15) is 6.61 Å². The van der Waals surface area contributed by atoms with E-state index in [2.05, 4.69) is 0 Å². The number of benzene rings is 2. The van der Waals surface area contributed by atoms with Crippen molar-refractivity contribution in [1.29, 1.82) is 0 Å². The van der Waals surface area contributed by atoms with Crippen LogP contribution in [0.5, 0.6) is 0 Å². The van der Waals surface area contributed by atoms with Crippen LogP contribution in [0.2, 0.25) is 5.02 Å². The average molecular weight is 300 g/mol. The zero-order valence-electron chi connectivity index (χ0n) is 11.3. The van der Waals surface area contributed by atoms with E-state index in [1.807, 2.05) is 48.5 Å². The maximum Gasteiger partial charge on any atom is 0.414 e. The second-order valence-corrected chi connectivity index (χ2v) is 5.20. The Bertz CT molecular complexity index is 697. The Morgan fingerprint density at radius 1 is 1.14 bits per heavy atom. The van der Waals surface area contributed by atoms with Gasteiger partial charge in [-0.25, -0.2) is 4.79 Å². The van der Waals surface area contributed by atoms with Gasteiger partial charge in [0.2, 0.25) is 0 Å². The number of hydrogen-bond acceptors (Lipinski definition) is 2. The molecule has 1 aliphatic heterocycles. The molecule has 3 nitrogen and oxygen atoms in total. The Labute approximate surface area is 128 Å². The number of carbonyl (C=O) groups is 1. The van der Waals surface area contributed by atoms with Crippen LogP contribution in [0, 0.1) is 0 Å². The zero-order chi connectivity index (χ0) is 14.7. The molecule has 1 heterocycles. The molecule has 2 aromatic carbocycles. The van der Waals surface area contributed by atoms with Crippen LogP contribution in [-0.2, 0) is 17.9 Å². The molecule has 2 aromatic rings. The predicted octanol–water partition coefficient (Wildman–Crippen LogP) is 4.46. The van der Waals surface area contributed by atoms with E-state index in [1.54, 1.807) is 17.2 Å². The summed E-state index contributed by atoms with van der Waals surface area (Å²) in [6.07, 6.45) is 3.29. The number of ether oxygens (including phenoxy) is 1. The van der Waals surface area contributed by atoms with Crippen LogP contribution in [0.25, 0.3) is 6.08 Å². The molecule has 0 spiro atoms. The Kier molecular flexibility index (Phi) is 3.93. The second kappa shape index (κ2) is 6.02. The highest BCUT2D eigenvalue weighted by Crippen LogP contribution is 2.21. The van der Waals surface area contributed by atoms with Crippen molar-refractivity contribution in [3.8, 4) is 0 Å². The molecule has 0 saturated carbocycles. The molecule has 0 aromatic heterocycles. The third-order valence-corrected chi connectivity index (χ3v) is 3.74. The Morgan fingerprint density at radius 2 is 1.90 bits per heavy atom. The fourth-order valence-electron chi connectivity index (χ4n) is 2.21. The third kappa shape index (κ3) is 3.09. The molecule has 0 N–H and O–H groups in total. The molecule has 0 radical (unpaired) electrons. The summed E-state index contributed by atoms with van der Waals surface area (Å²) in [5.74, 6) is 0. The molecule has 0 bridgehead atoms. The first-order valence-corrected chi connectivity index (χ1v) is 7.05. The number of halogens is 1. The van der Waals surface area contributed by atoms with Crippen LogP contribution >= 0.6 is 11.6 Å². The minimum Gasteiger partial charge on any atom is -0.444 e. The molecule has 106 valence electrons. The third-order valence-electron chi connectivity index (χ3n) is 3.37. The molecule has 1 amide bonds. The average Bonchev–Trinajstić information content (AvgIpc) is 2.53. The SMILES string of the molecule is O=C(OCc1ccccc1Cl)N1C=Cc2ccccc2C1. The predicted molar refractivity (Wildman–Crippen MR) is 82.7 cm³/mol. The second-order valence-electron chi connectivity index (χ2n) is 4.79. The fraction of sp³-hybridized carbons (Fsp3) is 0.118. The lowest BCUT2D eigenvalue weighted by atomic mass is 10.1. The van der Waals surface area contributed by atoms with Crippen LogP contribution in [0.1, 0.15) is 16.7 Å². The van der Waals surface area contributed by atoms with Gasteiger partial charge in [-0.2, -0.15) is 0 Å². The van der Waals surface area contributed by atoms with Crippen LogP contribution in [0.15, 0.2) is 54.7 Å². The molecule has 1 aliphatic rings. The molecule has 0 fully saturated rings. The van der Waals surface area contributed by atoms with Gasteiger partial charge in [-0.05, 0) is 23.3 Å². The number of fused-ring (bicyclic) bond motifs is 1. The van der Waals surface area contributed by atoms with Crippen LogP contribution in [-0.4, -0.2) is 11.0 Å². The molecule has 0 atom stereocenters.